The van der Waals surface area contributed by atoms with Crippen molar-refractivity contribution in [2.75, 3.05) is 11.5 Å². The summed E-state index contributed by atoms with van der Waals surface area (Å²) in [6.07, 6.45) is 2.38. The third-order valence-corrected chi connectivity index (χ3v) is 5.00. The summed E-state index contributed by atoms with van der Waals surface area (Å²) in [5.74, 6) is 0.549. The Hall–Kier alpha value is -0.550. The summed E-state index contributed by atoms with van der Waals surface area (Å²) in [7, 11) is -2.86. The minimum atomic E-state index is -2.86. The van der Waals surface area contributed by atoms with E-state index in [0.717, 1.165) is 5.69 Å². The fourth-order valence-corrected chi connectivity index (χ4v) is 4.29. The molecule has 0 spiro atoms. The first kappa shape index (κ1) is 11.9. The van der Waals surface area contributed by atoms with Gasteiger partial charge in [0.05, 0.1) is 17.7 Å². The molecule has 0 bridgehead atoms. The zero-order chi connectivity index (χ0) is 11.9. The molecule has 0 amide bonds. The molecule has 1 unspecified atom stereocenters. The largest absolute Gasteiger partial charge is 0.316 e. The van der Waals surface area contributed by atoms with Crippen LogP contribution in [0.5, 0.6) is 0 Å². The number of hydrogen-bond donors (Lipinski definition) is 0. The van der Waals surface area contributed by atoms with Crippen LogP contribution in [0.25, 0.3) is 0 Å². The molecule has 1 saturated heterocycles. The average molecular weight is 263 g/mol. The van der Waals surface area contributed by atoms with Crippen LogP contribution in [0, 0.1) is 0 Å². The van der Waals surface area contributed by atoms with E-state index in [2.05, 4.69) is 4.98 Å². The van der Waals surface area contributed by atoms with E-state index in [9.17, 15) is 8.42 Å². The quantitative estimate of drug-likeness (QED) is 0.819. The minimum absolute atomic E-state index is 0.0485. The molecule has 6 heteroatoms. The lowest BCUT2D eigenvalue weighted by molar-refractivity contribution is 0.550. The molecule has 1 aliphatic heterocycles. The molecule has 1 aromatic rings. The first-order valence-electron chi connectivity index (χ1n) is 5.34. The van der Waals surface area contributed by atoms with E-state index in [1.54, 1.807) is 6.20 Å². The van der Waals surface area contributed by atoms with Crippen LogP contribution in [0.2, 0.25) is 5.28 Å². The molecule has 2 heterocycles. The van der Waals surface area contributed by atoms with E-state index < -0.39 is 9.84 Å². The van der Waals surface area contributed by atoms with Crippen LogP contribution in [-0.4, -0.2) is 29.5 Å². The second-order valence-corrected chi connectivity index (χ2v) is 7.08. The van der Waals surface area contributed by atoms with Gasteiger partial charge in [-0.25, -0.2) is 13.4 Å². The Morgan fingerprint density at radius 3 is 2.75 bits per heavy atom. The van der Waals surface area contributed by atoms with Crippen LogP contribution < -0.4 is 0 Å². The molecule has 1 aromatic heterocycles. The highest BCUT2D eigenvalue weighted by molar-refractivity contribution is 7.91. The number of sulfone groups is 1. The Morgan fingerprint density at radius 1 is 1.56 bits per heavy atom. The van der Waals surface area contributed by atoms with Crippen molar-refractivity contribution in [2.24, 2.45) is 0 Å². The van der Waals surface area contributed by atoms with Crippen LogP contribution in [0.3, 0.4) is 0 Å². The monoisotopic (exact) mass is 262 g/mol. The van der Waals surface area contributed by atoms with Gasteiger partial charge in [0.15, 0.2) is 9.84 Å². The van der Waals surface area contributed by atoms with Gasteiger partial charge >= 0.3 is 0 Å². The van der Waals surface area contributed by atoms with E-state index in [4.69, 9.17) is 11.6 Å². The number of rotatable bonds is 2. The van der Waals surface area contributed by atoms with E-state index in [-0.39, 0.29) is 23.5 Å². The highest BCUT2D eigenvalue weighted by atomic mass is 35.5. The van der Waals surface area contributed by atoms with Crippen LogP contribution >= 0.6 is 11.6 Å². The van der Waals surface area contributed by atoms with Crippen molar-refractivity contribution < 1.29 is 8.42 Å². The van der Waals surface area contributed by atoms with Crippen LogP contribution in [0.1, 0.15) is 37.9 Å². The fraction of sp³-hybridized carbons (Fsp3) is 0.700. The second-order valence-electron chi connectivity index (χ2n) is 4.52. The summed E-state index contributed by atoms with van der Waals surface area (Å²) in [5.41, 5.74) is 0.945. The van der Waals surface area contributed by atoms with Crippen molar-refractivity contribution >= 4 is 21.4 Å². The summed E-state index contributed by atoms with van der Waals surface area (Å²) in [4.78, 5) is 4.06. The lowest BCUT2D eigenvalue weighted by Crippen LogP contribution is -2.11. The number of imidazole rings is 1. The van der Waals surface area contributed by atoms with E-state index in [1.807, 2.05) is 18.4 Å². The number of hydrogen-bond acceptors (Lipinski definition) is 3. The SMILES string of the molecule is CC(C)n1c(C2CCS(=O)(=O)C2)cnc1Cl. The van der Waals surface area contributed by atoms with E-state index in [1.165, 1.54) is 0 Å². The lowest BCUT2D eigenvalue weighted by Gasteiger charge is -2.16. The van der Waals surface area contributed by atoms with Gasteiger partial charge in [-0.1, -0.05) is 0 Å². The molecule has 1 fully saturated rings. The van der Waals surface area contributed by atoms with Gasteiger partial charge in [0, 0.05) is 17.7 Å². The summed E-state index contributed by atoms with van der Waals surface area (Å²) in [6.45, 7) is 4.03. The average Bonchev–Trinajstić information content (AvgIpc) is 2.68. The molecule has 90 valence electrons. The highest BCUT2D eigenvalue weighted by Crippen LogP contribution is 2.32. The van der Waals surface area contributed by atoms with Gasteiger partial charge in [-0.3, -0.25) is 0 Å². The summed E-state index contributed by atoms with van der Waals surface area (Å²) in [6, 6.07) is 0.202. The van der Waals surface area contributed by atoms with Gasteiger partial charge in [-0.05, 0) is 31.9 Å². The Labute approximate surface area is 101 Å². The molecule has 0 aromatic carbocycles. The van der Waals surface area contributed by atoms with Gasteiger partial charge in [0.2, 0.25) is 5.28 Å². The van der Waals surface area contributed by atoms with Gasteiger partial charge < -0.3 is 4.57 Å². The van der Waals surface area contributed by atoms with Crippen molar-refractivity contribution in [3.05, 3.63) is 17.2 Å². The first-order chi connectivity index (χ1) is 7.41. The fourth-order valence-electron chi connectivity index (χ4n) is 2.19. The molecule has 1 atom stereocenters. The molecule has 0 saturated carbocycles. The third kappa shape index (κ3) is 2.11. The van der Waals surface area contributed by atoms with Crippen LogP contribution in [0.15, 0.2) is 6.20 Å². The highest BCUT2D eigenvalue weighted by Gasteiger charge is 2.32. The summed E-state index contributed by atoms with van der Waals surface area (Å²) < 4.78 is 24.8. The van der Waals surface area contributed by atoms with Gasteiger partial charge in [0.1, 0.15) is 0 Å². The predicted molar refractivity (Wildman–Crippen MR) is 63.6 cm³/mol. The summed E-state index contributed by atoms with van der Waals surface area (Å²) >= 11 is 5.99. The maximum Gasteiger partial charge on any atom is 0.203 e. The topological polar surface area (TPSA) is 52.0 Å². The zero-order valence-electron chi connectivity index (χ0n) is 9.35. The maximum atomic E-state index is 11.4. The van der Waals surface area contributed by atoms with Crippen molar-refractivity contribution in [3.63, 3.8) is 0 Å². The molecule has 16 heavy (non-hydrogen) atoms. The van der Waals surface area contributed by atoms with Crippen molar-refractivity contribution in [3.8, 4) is 0 Å². The Balaban J connectivity index is 2.35. The van der Waals surface area contributed by atoms with E-state index >= 15 is 0 Å². The van der Waals surface area contributed by atoms with Crippen molar-refractivity contribution in [1.82, 2.24) is 9.55 Å². The predicted octanol–water partition coefficient (Wildman–Crippen LogP) is 2.02. The van der Waals surface area contributed by atoms with Crippen molar-refractivity contribution in [2.45, 2.75) is 32.2 Å². The normalized spacial score (nSPS) is 24.1. The van der Waals surface area contributed by atoms with Gasteiger partial charge in [-0.2, -0.15) is 0 Å². The maximum absolute atomic E-state index is 11.4. The molecule has 0 radical (unpaired) electrons. The smallest absolute Gasteiger partial charge is 0.203 e. The Morgan fingerprint density at radius 2 is 2.25 bits per heavy atom. The standard InChI is InChI=1S/C10H15ClN2O2S/c1-7(2)13-9(5-12-10(13)11)8-3-4-16(14,15)6-8/h5,7-8H,3-4,6H2,1-2H3. The summed E-state index contributed by atoms with van der Waals surface area (Å²) in [5, 5.41) is 0.439. The number of aromatic nitrogens is 2. The minimum Gasteiger partial charge on any atom is -0.316 e. The molecular formula is C10H15ClN2O2S. The first-order valence-corrected chi connectivity index (χ1v) is 7.53. The molecular weight excluding hydrogens is 248 g/mol. The van der Waals surface area contributed by atoms with E-state index in [0.29, 0.717) is 11.7 Å². The Kier molecular flexibility index (Phi) is 3.01. The number of halogens is 1. The lowest BCUT2D eigenvalue weighted by atomic mass is 10.1. The van der Waals surface area contributed by atoms with Gasteiger partial charge in [0.25, 0.3) is 0 Å². The number of nitrogens with zero attached hydrogens (tertiary/aromatic N) is 2. The van der Waals surface area contributed by atoms with Gasteiger partial charge in [-0.15, -0.1) is 0 Å². The van der Waals surface area contributed by atoms with Crippen molar-refractivity contribution in [1.29, 1.82) is 0 Å². The second kappa shape index (κ2) is 4.04. The molecule has 1 aliphatic rings. The molecule has 4 nitrogen and oxygen atoms in total. The Bertz CT molecular complexity index is 493. The molecule has 0 N–H and O–H groups in total. The van der Waals surface area contributed by atoms with Crippen LogP contribution in [0.4, 0.5) is 0 Å². The van der Waals surface area contributed by atoms with Crippen LogP contribution in [-0.2, 0) is 9.84 Å². The molecule has 0 aliphatic carbocycles. The zero-order valence-corrected chi connectivity index (χ0v) is 10.9. The third-order valence-electron chi connectivity index (χ3n) is 2.95. The molecule has 2 rings (SSSR count).